The number of nitrogens with one attached hydrogen (secondary N) is 1. The molecule has 0 fully saturated rings. The second kappa shape index (κ2) is 6.15. The van der Waals surface area contributed by atoms with Crippen molar-refractivity contribution in [3.63, 3.8) is 0 Å². The molecular weight excluding hydrogens is 242 g/mol. The van der Waals surface area contributed by atoms with Crippen LogP contribution in [0.4, 0.5) is 0 Å². The fraction of sp³-hybridized carbons (Fsp3) is 0.286. The van der Waals surface area contributed by atoms with Gasteiger partial charge >= 0.3 is 5.97 Å². The van der Waals surface area contributed by atoms with E-state index in [1.807, 2.05) is 31.6 Å². The maximum Gasteiger partial charge on any atom is 0.336 e. The van der Waals surface area contributed by atoms with Gasteiger partial charge in [0.2, 0.25) is 0 Å². The van der Waals surface area contributed by atoms with Gasteiger partial charge in [-0.15, -0.1) is 0 Å². The Morgan fingerprint density at radius 1 is 1.42 bits per heavy atom. The van der Waals surface area contributed by atoms with Gasteiger partial charge in [0.25, 0.3) is 0 Å². The summed E-state index contributed by atoms with van der Waals surface area (Å²) in [4.78, 5) is 11.0. The van der Waals surface area contributed by atoms with Gasteiger partial charge in [0.05, 0.1) is 11.8 Å². The van der Waals surface area contributed by atoms with Crippen LogP contribution >= 0.6 is 0 Å². The Hall–Kier alpha value is -2.14. The molecule has 0 atom stereocenters. The van der Waals surface area contributed by atoms with Crippen molar-refractivity contribution in [1.82, 2.24) is 15.1 Å². The molecule has 100 valence electrons. The molecule has 5 nitrogen and oxygen atoms in total. The van der Waals surface area contributed by atoms with Crippen molar-refractivity contribution < 1.29 is 9.90 Å². The highest BCUT2D eigenvalue weighted by Gasteiger charge is 2.07. The average Bonchev–Trinajstić information content (AvgIpc) is 2.81. The van der Waals surface area contributed by atoms with Gasteiger partial charge in [-0.25, -0.2) is 4.79 Å². The molecule has 2 aromatic rings. The van der Waals surface area contributed by atoms with E-state index in [2.05, 4.69) is 10.4 Å². The lowest BCUT2D eigenvalue weighted by molar-refractivity contribution is 0.0695. The quantitative estimate of drug-likeness (QED) is 0.771. The van der Waals surface area contributed by atoms with E-state index >= 15 is 0 Å². The zero-order chi connectivity index (χ0) is 13.7. The Balaban J connectivity index is 1.84. The zero-order valence-corrected chi connectivity index (χ0v) is 10.8. The summed E-state index contributed by atoms with van der Waals surface area (Å²) in [6.45, 7) is 1.35. The molecule has 0 aliphatic carbocycles. The number of aromatic carboxylic acids is 1. The number of carboxylic acid groups (broad SMARTS) is 1. The number of hydrogen-bond donors (Lipinski definition) is 2. The normalized spacial score (nSPS) is 10.6. The summed E-state index contributed by atoms with van der Waals surface area (Å²) in [5.74, 6) is -0.885. The molecule has 19 heavy (non-hydrogen) atoms. The van der Waals surface area contributed by atoms with Crippen LogP contribution in [0.2, 0.25) is 0 Å². The van der Waals surface area contributed by atoms with Crippen LogP contribution in [0, 0.1) is 0 Å². The van der Waals surface area contributed by atoms with E-state index in [4.69, 9.17) is 5.11 Å². The molecule has 0 spiro atoms. The highest BCUT2D eigenvalue weighted by molar-refractivity contribution is 5.89. The average molecular weight is 259 g/mol. The highest BCUT2D eigenvalue weighted by atomic mass is 16.4. The first-order valence-corrected chi connectivity index (χ1v) is 6.16. The topological polar surface area (TPSA) is 67.2 Å². The molecular formula is C14H17N3O2. The summed E-state index contributed by atoms with van der Waals surface area (Å²) < 4.78 is 1.77. The summed E-state index contributed by atoms with van der Waals surface area (Å²) in [5.41, 5.74) is 2.33. The number of hydrogen-bond acceptors (Lipinski definition) is 3. The predicted octanol–water partition coefficient (Wildman–Crippen LogP) is 1.45. The summed E-state index contributed by atoms with van der Waals surface area (Å²) in [6, 6.07) is 7.05. The Kier molecular flexibility index (Phi) is 4.30. The lowest BCUT2D eigenvalue weighted by Gasteiger charge is -2.07. The second-order valence-electron chi connectivity index (χ2n) is 4.41. The van der Waals surface area contributed by atoms with E-state index in [1.54, 1.807) is 16.8 Å². The van der Waals surface area contributed by atoms with Crippen molar-refractivity contribution >= 4 is 5.97 Å². The molecule has 0 bridgehead atoms. The van der Waals surface area contributed by atoms with E-state index in [0.717, 1.165) is 18.5 Å². The van der Waals surface area contributed by atoms with Crippen LogP contribution in [-0.2, 0) is 20.0 Å². The van der Waals surface area contributed by atoms with E-state index in [1.165, 1.54) is 5.56 Å². The van der Waals surface area contributed by atoms with Gasteiger partial charge < -0.3 is 10.4 Å². The summed E-state index contributed by atoms with van der Waals surface area (Å²) >= 11 is 0. The Morgan fingerprint density at radius 2 is 2.21 bits per heavy atom. The van der Waals surface area contributed by atoms with E-state index in [-0.39, 0.29) is 0 Å². The molecule has 0 amide bonds. The van der Waals surface area contributed by atoms with Crippen molar-refractivity contribution in [3.8, 4) is 0 Å². The number of nitrogens with zero attached hydrogens (tertiary/aromatic N) is 2. The van der Waals surface area contributed by atoms with Crippen LogP contribution in [-0.4, -0.2) is 27.4 Å². The molecule has 1 aromatic carbocycles. The van der Waals surface area contributed by atoms with Gasteiger partial charge in [-0.3, -0.25) is 4.68 Å². The van der Waals surface area contributed by atoms with E-state index < -0.39 is 5.97 Å². The molecule has 0 saturated heterocycles. The molecule has 0 saturated carbocycles. The Bertz CT molecular complexity index is 563. The first kappa shape index (κ1) is 13.3. The van der Waals surface area contributed by atoms with Crippen LogP contribution in [0.3, 0.4) is 0 Å². The third-order valence-corrected chi connectivity index (χ3v) is 2.91. The number of benzene rings is 1. The summed E-state index contributed by atoms with van der Waals surface area (Å²) in [5, 5.41) is 16.4. The third kappa shape index (κ3) is 3.66. The molecule has 5 heteroatoms. The highest BCUT2D eigenvalue weighted by Crippen LogP contribution is 2.08. The molecule has 2 N–H and O–H groups in total. The van der Waals surface area contributed by atoms with Crippen molar-refractivity contribution in [1.29, 1.82) is 0 Å². The van der Waals surface area contributed by atoms with Gasteiger partial charge in [-0.1, -0.05) is 18.2 Å². The van der Waals surface area contributed by atoms with Crippen LogP contribution < -0.4 is 5.32 Å². The number of rotatable bonds is 6. The predicted molar refractivity (Wildman–Crippen MR) is 72.0 cm³/mol. The molecule has 2 rings (SSSR count). The smallest absolute Gasteiger partial charge is 0.336 e. The number of carboxylic acids is 1. The van der Waals surface area contributed by atoms with Gasteiger partial charge in [-0.05, 0) is 30.2 Å². The molecule has 0 aliphatic rings. The Labute approximate surface area is 111 Å². The largest absolute Gasteiger partial charge is 0.478 e. The minimum Gasteiger partial charge on any atom is -0.478 e. The van der Waals surface area contributed by atoms with Gasteiger partial charge in [0.1, 0.15) is 0 Å². The fourth-order valence-electron chi connectivity index (χ4n) is 1.94. The van der Waals surface area contributed by atoms with Crippen LogP contribution in [0.25, 0.3) is 0 Å². The first-order chi connectivity index (χ1) is 9.16. The molecule has 1 heterocycles. The van der Waals surface area contributed by atoms with E-state index in [0.29, 0.717) is 12.1 Å². The molecule has 0 radical (unpaired) electrons. The second-order valence-corrected chi connectivity index (χ2v) is 4.41. The number of aromatic nitrogens is 2. The van der Waals surface area contributed by atoms with Crippen molar-refractivity contribution in [3.05, 3.63) is 53.3 Å². The first-order valence-electron chi connectivity index (χ1n) is 6.16. The van der Waals surface area contributed by atoms with Crippen LogP contribution in [0.5, 0.6) is 0 Å². The maximum absolute atomic E-state index is 11.0. The van der Waals surface area contributed by atoms with Crippen LogP contribution in [0.1, 0.15) is 21.5 Å². The minimum absolute atomic E-state index is 0.358. The zero-order valence-electron chi connectivity index (χ0n) is 10.8. The van der Waals surface area contributed by atoms with Gasteiger partial charge in [0.15, 0.2) is 0 Å². The lowest BCUT2D eigenvalue weighted by atomic mass is 10.1. The SMILES string of the molecule is Cn1cc(CCNCc2ccccc2C(=O)O)cn1. The number of aryl methyl sites for hydroxylation is 1. The Morgan fingerprint density at radius 3 is 2.89 bits per heavy atom. The molecule has 0 aliphatic heterocycles. The maximum atomic E-state index is 11.0. The standard InChI is InChI=1S/C14H17N3O2/c1-17-10-11(8-16-17)6-7-15-9-12-4-2-3-5-13(12)14(18)19/h2-5,8,10,15H,6-7,9H2,1H3,(H,18,19). The lowest BCUT2D eigenvalue weighted by Crippen LogP contribution is -2.18. The van der Waals surface area contributed by atoms with Crippen molar-refractivity contribution in [2.45, 2.75) is 13.0 Å². The molecule has 1 aromatic heterocycles. The summed E-state index contributed by atoms with van der Waals surface area (Å²) in [7, 11) is 1.89. The summed E-state index contributed by atoms with van der Waals surface area (Å²) in [6.07, 6.45) is 4.70. The van der Waals surface area contributed by atoms with Crippen molar-refractivity contribution in [2.75, 3.05) is 6.54 Å². The molecule has 0 unspecified atom stereocenters. The minimum atomic E-state index is -0.885. The van der Waals surface area contributed by atoms with Gasteiger partial charge in [-0.2, -0.15) is 5.10 Å². The number of carbonyl (C=O) groups is 1. The van der Waals surface area contributed by atoms with Crippen molar-refractivity contribution in [2.24, 2.45) is 7.05 Å². The van der Waals surface area contributed by atoms with E-state index in [9.17, 15) is 4.79 Å². The third-order valence-electron chi connectivity index (χ3n) is 2.91. The van der Waals surface area contributed by atoms with Gasteiger partial charge in [0, 0.05) is 19.8 Å². The fourth-order valence-corrected chi connectivity index (χ4v) is 1.94. The van der Waals surface area contributed by atoms with Crippen LogP contribution in [0.15, 0.2) is 36.7 Å². The monoisotopic (exact) mass is 259 g/mol.